The monoisotopic (exact) mass is 269 g/mol. The number of hydrogen-bond donors (Lipinski definition) is 2. The van der Waals surface area contributed by atoms with Gasteiger partial charge in [-0.2, -0.15) is 0 Å². The van der Waals surface area contributed by atoms with Gasteiger partial charge in [0, 0.05) is 11.9 Å². The third-order valence-corrected chi connectivity index (χ3v) is 3.78. The average Bonchev–Trinajstić information content (AvgIpc) is 2.47. The van der Waals surface area contributed by atoms with Crippen LogP contribution >= 0.6 is 0 Å². The van der Waals surface area contributed by atoms with Crippen LogP contribution in [0, 0.1) is 0 Å². The van der Waals surface area contributed by atoms with Crippen LogP contribution in [-0.4, -0.2) is 12.1 Å². The van der Waals surface area contributed by atoms with Crippen molar-refractivity contribution in [2.24, 2.45) is 0 Å². The van der Waals surface area contributed by atoms with Gasteiger partial charge in [-0.15, -0.1) is 0 Å². The summed E-state index contributed by atoms with van der Waals surface area (Å²) < 4.78 is 5.35. The van der Waals surface area contributed by atoms with Gasteiger partial charge < -0.3 is 15.8 Å². The molecule has 1 aromatic carbocycles. The van der Waals surface area contributed by atoms with Gasteiger partial charge in [0.2, 0.25) is 0 Å². The molecular formula is C16H19N3O. The Morgan fingerprint density at radius 2 is 2.25 bits per heavy atom. The number of benzene rings is 1. The van der Waals surface area contributed by atoms with Crippen LogP contribution in [0.5, 0.6) is 5.75 Å². The van der Waals surface area contributed by atoms with E-state index in [4.69, 9.17) is 10.5 Å². The molecule has 1 unspecified atom stereocenters. The number of pyridine rings is 1. The first-order valence-corrected chi connectivity index (χ1v) is 6.92. The molecule has 0 saturated heterocycles. The minimum absolute atomic E-state index is 0.267. The van der Waals surface area contributed by atoms with Gasteiger partial charge in [-0.3, -0.25) is 0 Å². The molecule has 1 aliphatic carbocycles. The molecule has 1 aliphatic rings. The summed E-state index contributed by atoms with van der Waals surface area (Å²) >= 11 is 0. The number of aromatic nitrogens is 1. The zero-order valence-electron chi connectivity index (χ0n) is 11.6. The van der Waals surface area contributed by atoms with Crippen LogP contribution in [0.3, 0.4) is 0 Å². The van der Waals surface area contributed by atoms with Gasteiger partial charge in [0.05, 0.1) is 13.2 Å². The molecule has 0 amide bonds. The number of rotatable bonds is 3. The Labute approximate surface area is 119 Å². The van der Waals surface area contributed by atoms with E-state index in [2.05, 4.69) is 22.4 Å². The van der Waals surface area contributed by atoms with E-state index in [9.17, 15) is 0 Å². The van der Waals surface area contributed by atoms with E-state index < -0.39 is 0 Å². The lowest BCUT2D eigenvalue weighted by atomic mass is 9.87. The van der Waals surface area contributed by atoms with Crippen LogP contribution < -0.4 is 15.8 Å². The molecule has 0 fully saturated rings. The van der Waals surface area contributed by atoms with Gasteiger partial charge in [-0.1, -0.05) is 6.07 Å². The molecule has 0 saturated carbocycles. The summed E-state index contributed by atoms with van der Waals surface area (Å²) in [4.78, 5) is 4.37. The smallest absolute Gasteiger partial charge is 0.169 e. The standard InChI is InChI=1S/C16H19N3O/c1-20-15-6-3-9-18-16(15)19-14-5-2-4-11-10-12(17)7-8-13(11)14/h3,6-10,14H,2,4-5,17H2,1H3,(H,18,19). The maximum Gasteiger partial charge on any atom is 0.169 e. The first kappa shape index (κ1) is 12.8. The van der Waals surface area contributed by atoms with Crippen LogP contribution in [0.25, 0.3) is 0 Å². The molecule has 104 valence electrons. The number of fused-ring (bicyclic) bond motifs is 1. The summed E-state index contributed by atoms with van der Waals surface area (Å²) in [5.41, 5.74) is 9.36. The van der Waals surface area contributed by atoms with Crippen LogP contribution in [0.15, 0.2) is 36.5 Å². The van der Waals surface area contributed by atoms with E-state index in [1.807, 2.05) is 18.2 Å². The van der Waals surface area contributed by atoms with E-state index in [1.165, 1.54) is 11.1 Å². The van der Waals surface area contributed by atoms with Crippen molar-refractivity contribution in [3.05, 3.63) is 47.7 Å². The number of hydrogen-bond acceptors (Lipinski definition) is 4. The highest BCUT2D eigenvalue weighted by atomic mass is 16.5. The minimum Gasteiger partial charge on any atom is -0.493 e. The second kappa shape index (κ2) is 5.41. The molecule has 0 radical (unpaired) electrons. The molecule has 2 aromatic rings. The lowest BCUT2D eigenvalue weighted by Crippen LogP contribution is -2.18. The SMILES string of the molecule is COc1cccnc1NC1CCCc2cc(N)ccc21. The summed E-state index contributed by atoms with van der Waals surface area (Å²) in [6, 6.07) is 10.2. The molecule has 0 aliphatic heterocycles. The zero-order chi connectivity index (χ0) is 13.9. The maximum absolute atomic E-state index is 5.87. The van der Waals surface area contributed by atoms with Crippen LogP contribution in [0.2, 0.25) is 0 Å². The van der Waals surface area contributed by atoms with E-state index in [1.54, 1.807) is 13.3 Å². The predicted molar refractivity (Wildman–Crippen MR) is 80.9 cm³/mol. The van der Waals surface area contributed by atoms with Crippen molar-refractivity contribution in [1.82, 2.24) is 4.98 Å². The van der Waals surface area contributed by atoms with Gasteiger partial charge in [0.1, 0.15) is 0 Å². The van der Waals surface area contributed by atoms with Gasteiger partial charge in [-0.25, -0.2) is 4.98 Å². The van der Waals surface area contributed by atoms with E-state index in [-0.39, 0.29) is 6.04 Å². The summed E-state index contributed by atoms with van der Waals surface area (Å²) in [5, 5.41) is 3.50. The summed E-state index contributed by atoms with van der Waals surface area (Å²) in [7, 11) is 1.66. The Kier molecular flexibility index (Phi) is 3.46. The predicted octanol–water partition coefficient (Wildman–Crippen LogP) is 3.16. The number of nitrogens with two attached hydrogens (primary N) is 1. The molecule has 3 rings (SSSR count). The zero-order valence-corrected chi connectivity index (χ0v) is 11.6. The Morgan fingerprint density at radius 1 is 1.35 bits per heavy atom. The fourth-order valence-electron chi connectivity index (χ4n) is 2.81. The number of ether oxygens (including phenoxy) is 1. The highest BCUT2D eigenvalue weighted by molar-refractivity contribution is 5.53. The second-order valence-electron chi connectivity index (χ2n) is 5.10. The Bertz CT molecular complexity index is 612. The van der Waals surface area contributed by atoms with Crippen molar-refractivity contribution in [1.29, 1.82) is 0 Å². The summed E-state index contributed by atoms with van der Waals surface area (Å²) in [5.74, 6) is 1.57. The summed E-state index contributed by atoms with van der Waals surface area (Å²) in [6.45, 7) is 0. The molecule has 0 bridgehead atoms. The van der Waals surface area contributed by atoms with Crippen LogP contribution in [-0.2, 0) is 6.42 Å². The number of methoxy groups -OCH3 is 1. The quantitative estimate of drug-likeness (QED) is 0.840. The van der Waals surface area contributed by atoms with Crippen molar-refractivity contribution < 1.29 is 4.74 Å². The third kappa shape index (κ3) is 2.41. The van der Waals surface area contributed by atoms with Gasteiger partial charge >= 0.3 is 0 Å². The van der Waals surface area contributed by atoms with Crippen LogP contribution in [0.1, 0.15) is 30.0 Å². The van der Waals surface area contributed by atoms with Crippen molar-refractivity contribution in [2.45, 2.75) is 25.3 Å². The number of aryl methyl sites for hydroxylation is 1. The molecule has 4 nitrogen and oxygen atoms in total. The fraction of sp³-hybridized carbons (Fsp3) is 0.312. The normalized spacial score (nSPS) is 17.4. The first-order chi connectivity index (χ1) is 9.78. The lowest BCUT2D eigenvalue weighted by Gasteiger charge is -2.27. The molecule has 1 aromatic heterocycles. The third-order valence-electron chi connectivity index (χ3n) is 3.78. The van der Waals surface area contributed by atoms with E-state index in [0.717, 1.165) is 36.5 Å². The molecule has 3 N–H and O–H groups in total. The van der Waals surface area contributed by atoms with Crippen molar-refractivity contribution in [3.8, 4) is 5.75 Å². The molecular weight excluding hydrogens is 250 g/mol. The van der Waals surface area contributed by atoms with Gasteiger partial charge in [0.25, 0.3) is 0 Å². The van der Waals surface area contributed by atoms with Crippen molar-refractivity contribution in [2.75, 3.05) is 18.2 Å². The molecule has 4 heteroatoms. The largest absolute Gasteiger partial charge is 0.493 e. The lowest BCUT2D eigenvalue weighted by molar-refractivity contribution is 0.413. The number of nitrogens with one attached hydrogen (secondary N) is 1. The van der Waals surface area contributed by atoms with E-state index >= 15 is 0 Å². The molecule has 1 atom stereocenters. The molecule has 20 heavy (non-hydrogen) atoms. The molecule has 1 heterocycles. The Hall–Kier alpha value is -2.23. The topological polar surface area (TPSA) is 60.2 Å². The van der Waals surface area contributed by atoms with Gasteiger partial charge in [-0.05, 0) is 54.7 Å². The highest BCUT2D eigenvalue weighted by Crippen LogP contribution is 2.35. The molecule has 0 spiro atoms. The number of nitrogen functional groups attached to an aromatic ring is 1. The minimum atomic E-state index is 0.267. The van der Waals surface area contributed by atoms with Crippen LogP contribution in [0.4, 0.5) is 11.5 Å². The average molecular weight is 269 g/mol. The van der Waals surface area contributed by atoms with Crippen molar-refractivity contribution in [3.63, 3.8) is 0 Å². The Balaban J connectivity index is 1.89. The van der Waals surface area contributed by atoms with Gasteiger partial charge in [0.15, 0.2) is 11.6 Å². The first-order valence-electron chi connectivity index (χ1n) is 6.92. The number of nitrogens with zero attached hydrogens (tertiary/aromatic N) is 1. The summed E-state index contributed by atoms with van der Waals surface area (Å²) in [6.07, 6.45) is 5.12. The maximum atomic E-state index is 5.87. The van der Waals surface area contributed by atoms with Crippen molar-refractivity contribution >= 4 is 11.5 Å². The Morgan fingerprint density at radius 3 is 3.10 bits per heavy atom. The number of anilines is 2. The van der Waals surface area contributed by atoms with E-state index in [0.29, 0.717) is 0 Å². The second-order valence-corrected chi connectivity index (χ2v) is 5.10. The highest BCUT2D eigenvalue weighted by Gasteiger charge is 2.21. The fourth-order valence-corrected chi connectivity index (χ4v) is 2.81.